The minimum atomic E-state index is -0.349. The van der Waals surface area contributed by atoms with E-state index in [1.807, 2.05) is 54.6 Å². The molecule has 2 amide bonds. The summed E-state index contributed by atoms with van der Waals surface area (Å²) in [7, 11) is 0. The standard InChI is InChI=1S/C18H14N4O2S/c23-17(22-18-21-13-8-4-5-9-15(13)25-18)20-11-16-19-10-14(24-16)12-6-2-1-3-7-12/h1-10H,11H2,(H2,20,21,22,23). The lowest BCUT2D eigenvalue weighted by molar-refractivity contribution is 0.250. The molecule has 7 heteroatoms. The van der Waals surface area contributed by atoms with Crippen LogP contribution in [0.1, 0.15) is 5.89 Å². The van der Waals surface area contributed by atoms with Crippen molar-refractivity contribution >= 4 is 32.7 Å². The van der Waals surface area contributed by atoms with E-state index in [1.165, 1.54) is 11.3 Å². The van der Waals surface area contributed by atoms with Gasteiger partial charge in [-0.3, -0.25) is 5.32 Å². The van der Waals surface area contributed by atoms with E-state index < -0.39 is 0 Å². The number of nitrogens with zero attached hydrogens (tertiary/aromatic N) is 2. The van der Waals surface area contributed by atoms with Gasteiger partial charge in [0.1, 0.15) is 0 Å². The Balaban J connectivity index is 1.36. The van der Waals surface area contributed by atoms with Gasteiger partial charge >= 0.3 is 6.03 Å². The molecule has 0 aliphatic heterocycles. The van der Waals surface area contributed by atoms with E-state index >= 15 is 0 Å². The highest BCUT2D eigenvalue weighted by molar-refractivity contribution is 7.22. The van der Waals surface area contributed by atoms with Gasteiger partial charge in [-0.15, -0.1) is 0 Å². The molecule has 2 aromatic carbocycles. The summed E-state index contributed by atoms with van der Waals surface area (Å²) in [5.41, 5.74) is 1.81. The van der Waals surface area contributed by atoms with Crippen LogP contribution < -0.4 is 10.6 Å². The quantitative estimate of drug-likeness (QED) is 0.576. The highest BCUT2D eigenvalue weighted by Gasteiger charge is 2.10. The predicted octanol–water partition coefficient (Wildman–Crippen LogP) is 4.27. The van der Waals surface area contributed by atoms with Crippen LogP contribution in [-0.4, -0.2) is 16.0 Å². The van der Waals surface area contributed by atoms with Crippen molar-refractivity contribution in [2.75, 3.05) is 5.32 Å². The average Bonchev–Trinajstić information content (AvgIpc) is 3.27. The van der Waals surface area contributed by atoms with E-state index in [9.17, 15) is 4.79 Å². The molecule has 0 saturated carbocycles. The van der Waals surface area contributed by atoms with Crippen molar-refractivity contribution in [2.45, 2.75) is 6.54 Å². The molecular weight excluding hydrogens is 336 g/mol. The van der Waals surface area contributed by atoms with Crippen LogP contribution in [0.2, 0.25) is 0 Å². The molecule has 0 radical (unpaired) electrons. The molecule has 0 saturated heterocycles. The number of nitrogens with one attached hydrogen (secondary N) is 2. The van der Waals surface area contributed by atoms with Crippen molar-refractivity contribution in [1.29, 1.82) is 0 Å². The van der Waals surface area contributed by atoms with Crippen LogP contribution in [-0.2, 0) is 6.54 Å². The number of urea groups is 1. The number of carbonyl (C=O) groups is 1. The van der Waals surface area contributed by atoms with E-state index in [0.717, 1.165) is 15.8 Å². The molecule has 0 fully saturated rings. The number of amides is 2. The molecule has 2 aromatic heterocycles. The van der Waals surface area contributed by atoms with Gasteiger partial charge in [0.05, 0.1) is 23.0 Å². The number of oxazole rings is 1. The van der Waals surface area contributed by atoms with E-state index in [2.05, 4.69) is 20.6 Å². The molecule has 0 aliphatic carbocycles. The van der Waals surface area contributed by atoms with Crippen LogP contribution >= 0.6 is 11.3 Å². The molecule has 0 bridgehead atoms. The zero-order chi connectivity index (χ0) is 17.1. The van der Waals surface area contributed by atoms with Crippen molar-refractivity contribution < 1.29 is 9.21 Å². The lowest BCUT2D eigenvalue weighted by atomic mass is 10.2. The summed E-state index contributed by atoms with van der Waals surface area (Å²) in [5, 5.41) is 6.00. The first-order chi connectivity index (χ1) is 12.3. The number of anilines is 1. The largest absolute Gasteiger partial charge is 0.439 e. The Bertz CT molecular complexity index is 977. The summed E-state index contributed by atoms with van der Waals surface area (Å²) >= 11 is 1.43. The lowest BCUT2D eigenvalue weighted by Gasteiger charge is -2.02. The van der Waals surface area contributed by atoms with E-state index in [4.69, 9.17) is 4.42 Å². The Morgan fingerprint density at radius 1 is 1.08 bits per heavy atom. The first kappa shape index (κ1) is 15.3. The number of thiazole rings is 1. The summed E-state index contributed by atoms with van der Waals surface area (Å²) in [6, 6.07) is 17.1. The fourth-order valence-corrected chi connectivity index (χ4v) is 3.21. The maximum absolute atomic E-state index is 12.0. The second-order valence-corrected chi connectivity index (χ2v) is 6.31. The Morgan fingerprint density at radius 3 is 2.72 bits per heavy atom. The maximum Gasteiger partial charge on any atom is 0.321 e. The first-order valence-corrected chi connectivity index (χ1v) is 8.50. The van der Waals surface area contributed by atoms with Crippen LogP contribution in [0.4, 0.5) is 9.93 Å². The monoisotopic (exact) mass is 350 g/mol. The molecular formula is C18H14N4O2S. The SMILES string of the molecule is O=C(NCc1ncc(-c2ccccc2)o1)Nc1nc2ccccc2s1. The molecule has 2 heterocycles. The molecule has 0 atom stereocenters. The van der Waals surface area contributed by atoms with Crippen molar-refractivity contribution in [1.82, 2.24) is 15.3 Å². The third-order valence-electron chi connectivity index (χ3n) is 3.53. The molecule has 4 rings (SSSR count). The van der Waals surface area contributed by atoms with Gasteiger partial charge in [0, 0.05) is 5.56 Å². The Labute approximate surface area is 147 Å². The van der Waals surface area contributed by atoms with Crippen LogP contribution in [0.25, 0.3) is 21.5 Å². The predicted molar refractivity (Wildman–Crippen MR) is 97.4 cm³/mol. The van der Waals surface area contributed by atoms with E-state index in [0.29, 0.717) is 16.8 Å². The van der Waals surface area contributed by atoms with Gasteiger partial charge in [-0.05, 0) is 12.1 Å². The molecule has 4 aromatic rings. The smallest absolute Gasteiger partial charge is 0.321 e. The highest BCUT2D eigenvalue weighted by Crippen LogP contribution is 2.25. The third-order valence-corrected chi connectivity index (χ3v) is 4.48. The first-order valence-electron chi connectivity index (χ1n) is 7.68. The molecule has 124 valence electrons. The number of rotatable bonds is 4. The molecule has 2 N–H and O–H groups in total. The van der Waals surface area contributed by atoms with Gasteiger partial charge in [-0.1, -0.05) is 53.8 Å². The van der Waals surface area contributed by atoms with Crippen LogP contribution in [0.3, 0.4) is 0 Å². The fraction of sp³-hybridized carbons (Fsp3) is 0.0556. The summed E-state index contributed by atoms with van der Waals surface area (Å²) in [6.07, 6.45) is 1.65. The molecule has 6 nitrogen and oxygen atoms in total. The Hall–Kier alpha value is -3.19. The van der Waals surface area contributed by atoms with Crippen molar-refractivity contribution in [3.05, 3.63) is 66.7 Å². The van der Waals surface area contributed by atoms with Gasteiger partial charge < -0.3 is 9.73 Å². The van der Waals surface area contributed by atoms with Gasteiger partial charge in [-0.25, -0.2) is 14.8 Å². The Kier molecular flexibility index (Phi) is 4.14. The zero-order valence-electron chi connectivity index (χ0n) is 13.1. The Morgan fingerprint density at radius 2 is 1.88 bits per heavy atom. The summed E-state index contributed by atoms with van der Waals surface area (Å²) in [5.74, 6) is 1.11. The van der Waals surface area contributed by atoms with Crippen molar-refractivity contribution in [2.24, 2.45) is 0 Å². The third kappa shape index (κ3) is 3.51. The normalized spacial score (nSPS) is 10.7. The average molecular weight is 350 g/mol. The van der Waals surface area contributed by atoms with E-state index in [-0.39, 0.29) is 12.6 Å². The van der Waals surface area contributed by atoms with Gasteiger partial charge in [0.25, 0.3) is 0 Å². The number of fused-ring (bicyclic) bond motifs is 1. The van der Waals surface area contributed by atoms with Crippen LogP contribution in [0.15, 0.2) is 65.2 Å². The molecule has 0 aliphatic rings. The molecule has 0 unspecified atom stereocenters. The zero-order valence-corrected chi connectivity index (χ0v) is 13.9. The number of para-hydroxylation sites is 1. The topological polar surface area (TPSA) is 80.0 Å². The second-order valence-electron chi connectivity index (χ2n) is 5.28. The molecule has 0 spiro atoms. The second kappa shape index (κ2) is 6.74. The number of hydrogen-bond acceptors (Lipinski definition) is 5. The number of carbonyl (C=O) groups excluding carboxylic acids is 1. The number of benzene rings is 2. The summed E-state index contributed by atoms with van der Waals surface area (Å²) < 4.78 is 6.68. The van der Waals surface area contributed by atoms with Crippen LogP contribution in [0.5, 0.6) is 0 Å². The minimum Gasteiger partial charge on any atom is -0.439 e. The van der Waals surface area contributed by atoms with Gasteiger partial charge in [0.15, 0.2) is 10.9 Å². The van der Waals surface area contributed by atoms with Crippen molar-refractivity contribution in [3.8, 4) is 11.3 Å². The summed E-state index contributed by atoms with van der Waals surface area (Å²) in [4.78, 5) is 20.6. The number of hydrogen-bond donors (Lipinski definition) is 2. The van der Waals surface area contributed by atoms with Gasteiger partial charge in [-0.2, -0.15) is 0 Å². The maximum atomic E-state index is 12.0. The van der Waals surface area contributed by atoms with Crippen molar-refractivity contribution in [3.63, 3.8) is 0 Å². The molecule has 25 heavy (non-hydrogen) atoms. The fourth-order valence-electron chi connectivity index (χ4n) is 2.35. The number of aromatic nitrogens is 2. The minimum absolute atomic E-state index is 0.198. The summed E-state index contributed by atoms with van der Waals surface area (Å²) in [6.45, 7) is 0.198. The lowest BCUT2D eigenvalue weighted by Crippen LogP contribution is -2.28. The van der Waals surface area contributed by atoms with Gasteiger partial charge in [0.2, 0.25) is 5.89 Å². The van der Waals surface area contributed by atoms with E-state index in [1.54, 1.807) is 6.20 Å². The van der Waals surface area contributed by atoms with Crippen LogP contribution in [0, 0.1) is 0 Å². The highest BCUT2D eigenvalue weighted by atomic mass is 32.1.